The molecule has 0 spiro atoms. The second-order valence-electron chi connectivity index (χ2n) is 9.85. The van der Waals surface area contributed by atoms with Crippen molar-refractivity contribution >= 4 is 21.8 Å². The fraction of sp³-hybridized carbons (Fsp3) is 0.423. The molecule has 1 aliphatic carbocycles. The van der Waals surface area contributed by atoms with Crippen LogP contribution in [-0.2, 0) is 20.2 Å². The Kier molecular flexibility index (Phi) is 6.03. The summed E-state index contributed by atoms with van der Waals surface area (Å²) in [7, 11) is -3.76. The molecule has 1 aliphatic heterocycles. The van der Waals surface area contributed by atoms with Crippen molar-refractivity contribution < 1.29 is 17.9 Å². The van der Waals surface area contributed by atoms with E-state index in [1.807, 2.05) is 64.1 Å². The molecule has 0 radical (unpaired) electrons. The molecule has 2 aromatic rings. The lowest BCUT2D eigenvalue weighted by atomic mass is 9.70. The number of nitrogens with one attached hydrogen (secondary N) is 1. The summed E-state index contributed by atoms with van der Waals surface area (Å²) in [5, 5.41) is 2.85. The van der Waals surface area contributed by atoms with E-state index >= 15 is 0 Å². The van der Waals surface area contributed by atoms with Crippen LogP contribution < -0.4 is 9.62 Å². The van der Waals surface area contributed by atoms with Crippen LogP contribution in [0.1, 0.15) is 51.2 Å². The van der Waals surface area contributed by atoms with Crippen molar-refractivity contribution in [2.24, 2.45) is 0 Å². The van der Waals surface area contributed by atoms with Crippen molar-refractivity contribution in [2.45, 2.75) is 68.9 Å². The second-order valence-corrected chi connectivity index (χ2v) is 11.7. The van der Waals surface area contributed by atoms with E-state index in [0.29, 0.717) is 30.0 Å². The summed E-state index contributed by atoms with van der Waals surface area (Å²) < 4.78 is 34.7. The number of hydrogen-bond donors (Lipinski definition) is 1. The molecule has 0 aromatic heterocycles. The van der Waals surface area contributed by atoms with Gasteiger partial charge in [-0.05, 0) is 70.7 Å². The summed E-state index contributed by atoms with van der Waals surface area (Å²) in [6, 6.07) is 14.5. The highest BCUT2D eigenvalue weighted by Gasteiger charge is 2.53. The zero-order chi connectivity index (χ0) is 23.9. The van der Waals surface area contributed by atoms with Crippen molar-refractivity contribution in [2.75, 3.05) is 10.8 Å². The minimum absolute atomic E-state index is 0.258. The standard InChI is InChI=1S/C26H32N2O4S/c1-19-12-14-20(15-13-19)33(30,31)28-22-10-6-5-9-21(22)26(16-8-7-11-23(26)28)17-18-27-24(29)32-25(2,3)4/h5-6,8-10,12-16,23H,7,11,17-18H2,1-4H3,(H,27,29)/t23-,26+/m0/s1. The van der Waals surface area contributed by atoms with E-state index in [1.165, 1.54) is 0 Å². The van der Waals surface area contributed by atoms with Crippen LogP contribution in [0.15, 0.2) is 65.6 Å². The number of allylic oxidation sites excluding steroid dienone is 1. The summed E-state index contributed by atoms with van der Waals surface area (Å²) in [6.07, 6.45) is 5.89. The second kappa shape index (κ2) is 8.52. The first-order valence-corrected chi connectivity index (χ1v) is 12.8. The maximum atomic E-state index is 13.9. The van der Waals surface area contributed by atoms with Gasteiger partial charge in [-0.3, -0.25) is 4.31 Å². The van der Waals surface area contributed by atoms with E-state index < -0.39 is 27.1 Å². The number of para-hydroxylation sites is 1. The van der Waals surface area contributed by atoms with Crippen LogP contribution in [-0.4, -0.2) is 32.7 Å². The minimum atomic E-state index is -3.76. The number of amides is 1. The van der Waals surface area contributed by atoms with Crippen LogP contribution >= 0.6 is 0 Å². The minimum Gasteiger partial charge on any atom is -0.444 e. The Morgan fingerprint density at radius 1 is 1.15 bits per heavy atom. The molecule has 0 fully saturated rings. The molecule has 0 unspecified atom stereocenters. The molecule has 2 aliphatic rings. The molecule has 6 nitrogen and oxygen atoms in total. The van der Waals surface area contributed by atoms with Gasteiger partial charge in [0.1, 0.15) is 5.60 Å². The van der Waals surface area contributed by atoms with Crippen LogP contribution in [0.25, 0.3) is 0 Å². The van der Waals surface area contributed by atoms with Crippen molar-refractivity contribution in [3.05, 3.63) is 71.8 Å². The molecule has 1 amide bonds. The van der Waals surface area contributed by atoms with E-state index in [4.69, 9.17) is 4.74 Å². The number of carbonyl (C=O) groups excluding carboxylic acids is 1. The fourth-order valence-electron chi connectivity index (χ4n) is 4.93. The molecule has 2 aromatic carbocycles. The van der Waals surface area contributed by atoms with Crippen LogP contribution in [0.3, 0.4) is 0 Å². The van der Waals surface area contributed by atoms with E-state index in [2.05, 4.69) is 17.5 Å². The first kappa shape index (κ1) is 23.4. The fourth-order valence-corrected chi connectivity index (χ4v) is 6.68. The van der Waals surface area contributed by atoms with E-state index in [1.54, 1.807) is 16.4 Å². The summed E-state index contributed by atoms with van der Waals surface area (Å²) in [5.41, 5.74) is 1.62. The third-order valence-electron chi connectivity index (χ3n) is 6.33. The monoisotopic (exact) mass is 468 g/mol. The van der Waals surface area contributed by atoms with Crippen LogP contribution in [0.5, 0.6) is 0 Å². The molecular formula is C26H32N2O4S. The number of ether oxygens (including phenoxy) is 1. The third-order valence-corrected chi connectivity index (χ3v) is 8.16. The Balaban J connectivity index is 1.69. The van der Waals surface area contributed by atoms with Gasteiger partial charge in [0.15, 0.2) is 0 Å². The largest absolute Gasteiger partial charge is 0.444 e. The average Bonchev–Trinajstić information content (AvgIpc) is 3.04. The molecule has 33 heavy (non-hydrogen) atoms. The molecule has 1 N–H and O–H groups in total. The van der Waals surface area contributed by atoms with Crippen LogP contribution in [0, 0.1) is 6.92 Å². The molecule has 0 saturated carbocycles. The van der Waals surface area contributed by atoms with Crippen molar-refractivity contribution in [3.8, 4) is 0 Å². The van der Waals surface area contributed by atoms with Gasteiger partial charge in [-0.25, -0.2) is 13.2 Å². The van der Waals surface area contributed by atoms with Crippen LogP contribution in [0.4, 0.5) is 10.5 Å². The molecule has 2 atom stereocenters. The molecule has 0 bridgehead atoms. The van der Waals surface area contributed by atoms with Gasteiger partial charge in [-0.15, -0.1) is 0 Å². The zero-order valence-electron chi connectivity index (χ0n) is 19.7. The first-order valence-electron chi connectivity index (χ1n) is 11.4. The number of alkyl carbamates (subject to hydrolysis) is 1. The molecule has 4 rings (SSSR count). The van der Waals surface area contributed by atoms with Gasteiger partial charge >= 0.3 is 6.09 Å². The van der Waals surface area contributed by atoms with Crippen molar-refractivity contribution in [1.82, 2.24) is 5.32 Å². The number of fused-ring (bicyclic) bond motifs is 3. The van der Waals surface area contributed by atoms with Crippen molar-refractivity contribution in [1.29, 1.82) is 0 Å². The lowest BCUT2D eigenvalue weighted by molar-refractivity contribution is 0.0524. The normalized spacial score (nSPS) is 21.9. The van der Waals surface area contributed by atoms with E-state index in [0.717, 1.165) is 17.5 Å². The molecule has 1 heterocycles. The Labute approximate surface area is 196 Å². The van der Waals surface area contributed by atoms with E-state index in [9.17, 15) is 13.2 Å². The number of benzene rings is 2. The maximum Gasteiger partial charge on any atom is 0.407 e. The highest BCUT2D eigenvalue weighted by Crippen LogP contribution is 2.53. The molecule has 7 heteroatoms. The van der Waals surface area contributed by atoms with Crippen molar-refractivity contribution in [3.63, 3.8) is 0 Å². The zero-order valence-corrected chi connectivity index (χ0v) is 20.5. The van der Waals surface area contributed by atoms with Gasteiger partial charge in [0, 0.05) is 12.0 Å². The Morgan fingerprint density at radius 3 is 2.55 bits per heavy atom. The Hall–Kier alpha value is -2.80. The smallest absolute Gasteiger partial charge is 0.407 e. The summed E-state index contributed by atoms with van der Waals surface area (Å²) in [4.78, 5) is 12.5. The summed E-state index contributed by atoms with van der Waals surface area (Å²) in [6.45, 7) is 7.79. The lowest BCUT2D eigenvalue weighted by Gasteiger charge is -2.39. The predicted octanol–water partition coefficient (Wildman–Crippen LogP) is 5.08. The quantitative estimate of drug-likeness (QED) is 0.621. The topological polar surface area (TPSA) is 75.7 Å². The molecular weight excluding hydrogens is 436 g/mol. The van der Waals surface area contributed by atoms with Gasteiger partial charge in [-0.2, -0.15) is 0 Å². The van der Waals surface area contributed by atoms with Gasteiger partial charge < -0.3 is 10.1 Å². The van der Waals surface area contributed by atoms with Crippen LogP contribution in [0.2, 0.25) is 0 Å². The maximum absolute atomic E-state index is 13.9. The van der Waals surface area contributed by atoms with E-state index in [-0.39, 0.29) is 6.04 Å². The average molecular weight is 469 g/mol. The Morgan fingerprint density at radius 2 is 1.85 bits per heavy atom. The van der Waals surface area contributed by atoms with Gasteiger partial charge in [0.05, 0.1) is 16.6 Å². The first-order chi connectivity index (χ1) is 15.5. The number of carbonyl (C=O) groups is 1. The van der Waals surface area contributed by atoms with Gasteiger partial charge in [-0.1, -0.05) is 48.0 Å². The third kappa shape index (κ3) is 4.38. The summed E-state index contributed by atoms with van der Waals surface area (Å²) >= 11 is 0. The Bertz CT molecular complexity index is 1170. The van der Waals surface area contributed by atoms with Gasteiger partial charge in [0.25, 0.3) is 10.0 Å². The van der Waals surface area contributed by atoms with Gasteiger partial charge in [0.2, 0.25) is 0 Å². The number of hydrogen-bond acceptors (Lipinski definition) is 4. The number of nitrogens with zero attached hydrogens (tertiary/aromatic N) is 1. The number of rotatable bonds is 5. The number of anilines is 1. The lowest BCUT2D eigenvalue weighted by Crippen LogP contribution is -2.49. The number of sulfonamides is 1. The summed E-state index contributed by atoms with van der Waals surface area (Å²) in [5.74, 6) is 0. The SMILES string of the molecule is Cc1ccc(S(=O)(=O)N2c3ccccc3[C@]3(CCNC(=O)OC(C)(C)C)C=CCC[C@H]23)cc1. The highest BCUT2D eigenvalue weighted by atomic mass is 32.2. The highest BCUT2D eigenvalue weighted by molar-refractivity contribution is 7.92. The number of aryl methyl sites for hydroxylation is 1. The molecule has 176 valence electrons. The molecule has 0 saturated heterocycles. The predicted molar refractivity (Wildman–Crippen MR) is 130 cm³/mol.